The van der Waals surface area contributed by atoms with Gasteiger partial charge in [0.05, 0.1) is 0 Å². The number of nitrogens with zero attached hydrogens (tertiary/aromatic N) is 1. The summed E-state index contributed by atoms with van der Waals surface area (Å²) in [4.78, 5) is 14.7. The predicted octanol–water partition coefficient (Wildman–Crippen LogP) is 4.05. The molecule has 3 heteroatoms. The highest BCUT2D eigenvalue weighted by Crippen LogP contribution is 2.29. The van der Waals surface area contributed by atoms with Crippen LogP contribution < -0.4 is 9.64 Å². The number of carbonyl (C=O) groups is 1. The third-order valence-corrected chi connectivity index (χ3v) is 4.27. The van der Waals surface area contributed by atoms with Crippen LogP contribution in [0.5, 0.6) is 5.75 Å². The molecule has 120 valence electrons. The number of benzene rings is 2. The molecule has 0 saturated carbocycles. The maximum atomic E-state index is 12.8. The fourth-order valence-corrected chi connectivity index (χ4v) is 3.12. The zero-order valence-corrected chi connectivity index (χ0v) is 14.0. The number of aryl methyl sites for hydroxylation is 3. The van der Waals surface area contributed by atoms with Gasteiger partial charge in [0.25, 0.3) is 5.91 Å². The molecule has 0 N–H and O–H groups in total. The molecule has 2 aromatic rings. The summed E-state index contributed by atoms with van der Waals surface area (Å²) < 4.78 is 5.86. The molecule has 1 atom stereocenters. The topological polar surface area (TPSA) is 29.5 Å². The summed E-state index contributed by atoms with van der Waals surface area (Å²) in [6, 6.07) is 14.1. The molecule has 1 aliphatic heterocycles. The van der Waals surface area contributed by atoms with Crippen LogP contribution in [-0.2, 0) is 11.2 Å². The van der Waals surface area contributed by atoms with Crippen LogP contribution in [-0.4, -0.2) is 18.6 Å². The highest BCUT2D eigenvalue weighted by molar-refractivity contribution is 5.97. The summed E-state index contributed by atoms with van der Waals surface area (Å²) in [5, 5.41) is 0. The highest BCUT2D eigenvalue weighted by atomic mass is 16.5. The van der Waals surface area contributed by atoms with Gasteiger partial charge in [0.1, 0.15) is 5.75 Å². The van der Waals surface area contributed by atoms with Crippen molar-refractivity contribution in [3.05, 3.63) is 59.2 Å². The van der Waals surface area contributed by atoms with Gasteiger partial charge < -0.3 is 9.64 Å². The largest absolute Gasteiger partial charge is 0.481 e. The fourth-order valence-electron chi connectivity index (χ4n) is 3.12. The SMILES string of the molecule is Cc1cccc(O[C@@H](C)C(=O)N2CCCc3cc(C)ccc32)c1. The first-order chi connectivity index (χ1) is 11.0. The molecule has 1 aliphatic rings. The quantitative estimate of drug-likeness (QED) is 0.856. The van der Waals surface area contributed by atoms with Crippen LogP contribution in [0, 0.1) is 13.8 Å². The molecule has 0 unspecified atom stereocenters. The maximum absolute atomic E-state index is 12.8. The lowest BCUT2D eigenvalue weighted by Crippen LogP contribution is -2.43. The average molecular weight is 309 g/mol. The van der Waals surface area contributed by atoms with Crippen molar-refractivity contribution in [3.63, 3.8) is 0 Å². The van der Waals surface area contributed by atoms with Crippen LogP contribution in [0.15, 0.2) is 42.5 Å². The van der Waals surface area contributed by atoms with Gasteiger partial charge in [-0.3, -0.25) is 4.79 Å². The Morgan fingerprint density at radius 3 is 2.70 bits per heavy atom. The minimum atomic E-state index is -0.496. The second-order valence-electron chi connectivity index (χ2n) is 6.30. The summed E-state index contributed by atoms with van der Waals surface area (Å²) in [6.07, 6.45) is 1.54. The number of ether oxygens (including phenoxy) is 1. The number of carbonyl (C=O) groups excluding carboxylic acids is 1. The van der Waals surface area contributed by atoms with E-state index in [1.165, 1.54) is 11.1 Å². The Labute approximate surface area is 137 Å². The van der Waals surface area contributed by atoms with E-state index in [1.54, 1.807) is 0 Å². The van der Waals surface area contributed by atoms with E-state index in [9.17, 15) is 4.79 Å². The van der Waals surface area contributed by atoms with E-state index in [0.29, 0.717) is 0 Å². The average Bonchev–Trinajstić information content (AvgIpc) is 2.53. The van der Waals surface area contributed by atoms with Gasteiger partial charge in [0.15, 0.2) is 6.10 Å². The third-order valence-electron chi connectivity index (χ3n) is 4.27. The molecular weight excluding hydrogens is 286 g/mol. The molecule has 3 nitrogen and oxygen atoms in total. The van der Waals surface area contributed by atoms with E-state index in [2.05, 4.69) is 25.1 Å². The summed E-state index contributed by atoms with van der Waals surface area (Å²) in [6.45, 7) is 6.69. The first-order valence-electron chi connectivity index (χ1n) is 8.19. The van der Waals surface area contributed by atoms with E-state index in [-0.39, 0.29) is 5.91 Å². The number of anilines is 1. The number of amides is 1. The van der Waals surface area contributed by atoms with Gasteiger partial charge in [-0.25, -0.2) is 0 Å². The van der Waals surface area contributed by atoms with E-state index in [0.717, 1.165) is 36.4 Å². The molecule has 2 aromatic carbocycles. The van der Waals surface area contributed by atoms with Crippen molar-refractivity contribution in [2.75, 3.05) is 11.4 Å². The van der Waals surface area contributed by atoms with E-state index < -0.39 is 6.10 Å². The zero-order valence-electron chi connectivity index (χ0n) is 14.0. The predicted molar refractivity (Wildman–Crippen MR) is 93.1 cm³/mol. The van der Waals surface area contributed by atoms with Gasteiger partial charge in [0.2, 0.25) is 0 Å². The summed E-state index contributed by atoms with van der Waals surface area (Å²) in [7, 11) is 0. The molecule has 0 aliphatic carbocycles. The normalized spacial score (nSPS) is 15.0. The molecule has 0 saturated heterocycles. The van der Waals surface area contributed by atoms with Gasteiger partial charge in [-0.05, 0) is 62.9 Å². The van der Waals surface area contributed by atoms with Crippen molar-refractivity contribution < 1.29 is 9.53 Å². The van der Waals surface area contributed by atoms with Crippen molar-refractivity contribution >= 4 is 11.6 Å². The lowest BCUT2D eigenvalue weighted by atomic mass is 9.99. The van der Waals surface area contributed by atoms with Crippen LogP contribution in [0.2, 0.25) is 0 Å². The Balaban J connectivity index is 1.78. The minimum Gasteiger partial charge on any atom is -0.481 e. The smallest absolute Gasteiger partial charge is 0.267 e. The molecule has 0 spiro atoms. The van der Waals surface area contributed by atoms with Crippen molar-refractivity contribution in [1.82, 2.24) is 0 Å². The standard InChI is InChI=1S/C20H23NO2/c1-14-6-4-8-18(13-14)23-16(3)20(22)21-11-5-7-17-12-15(2)9-10-19(17)21/h4,6,8-10,12-13,16H,5,7,11H2,1-3H3/t16-/m0/s1. The lowest BCUT2D eigenvalue weighted by Gasteiger charge is -2.31. The van der Waals surface area contributed by atoms with Crippen LogP contribution >= 0.6 is 0 Å². The number of hydrogen-bond donors (Lipinski definition) is 0. The van der Waals surface area contributed by atoms with Crippen molar-refractivity contribution in [1.29, 1.82) is 0 Å². The van der Waals surface area contributed by atoms with Crippen molar-refractivity contribution in [2.45, 2.75) is 39.7 Å². The van der Waals surface area contributed by atoms with Gasteiger partial charge in [-0.15, -0.1) is 0 Å². The van der Waals surface area contributed by atoms with Gasteiger partial charge in [-0.1, -0.05) is 29.8 Å². The van der Waals surface area contributed by atoms with Crippen molar-refractivity contribution in [3.8, 4) is 5.75 Å². The Kier molecular flexibility index (Phi) is 4.37. The Hall–Kier alpha value is -2.29. The molecule has 0 radical (unpaired) electrons. The first-order valence-corrected chi connectivity index (χ1v) is 8.19. The summed E-state index contributed by atoms with van der Waals surface area (Å²) >= 11 is 0. The number of fused-ring (bicyclic) bond motifs is 1. The van der Waals surface area contributed by atoms with Gasteiger partial charge >= 0.3 is 0 Å². The molecule has 3 rings (SSSR count). The summed E-state index contributed by atoms with van der Waals surface area (Å²) in [5.41, 5.74) is 4.65. The van der Waals surface area contributed by atoms with Gasteiger partial charge in [0, 0.05) is 12.2 Å². The van der Waals surface area contributed by atoms with Crippen LogP contribution in [0.4, 0.5) is 5.69 Å². The number of hydrogen-bond acceptors (Lipinski definition) is 2. The fraction of sp³-hybridized carbons (Fsp3) is 0.350. The number of rotatable bonds is 3. The van der Waals surface area contributed by atoms with E-state index >= 15 is 0 Å². The first kappa shape index (κ1) is 15.6. The van der Waals surface area contributed by atoms with Crippen molar-refractivity contribution in [2.24, 2.45) is 0 Å². The molecule has 0 aromatic heterocycles. The highest BCUT2D eigenvalue weighted by Gasteiger charge is 2.27. The molecule has 23 heavy (non-hydrogen) atoms. The van der Waals surface area contributed by atoms with Crippen LogP contribution in [0.25, 0.3) is 0 Å². The minimum absolute atomic E-state index is 0.0244. The molecule has 1 heterocycles. The second kappa shape index (κ2) is 6.45. The molecular formula is C20H23NO2. The molecule has 1 amide bonds. The lowest BCUT2D eigenvalue weighted by molar-refractivity contribution is -0.124. The zero-order chi connectivity index (χ0) is 16.4. The Bertz CT molecular complexity index is 723. The monoisotopic (exact) mass is 309 g/mol. The maximum Gasteiger partial charge on any atom is 0.267 e. The Morgan fingerprint density at radius 1 is 1.13 bits per heavy atom. The van der Waals surface area contributed by atoms with E-state index in [1.807, 2.05) is 43.0 Å². The summed E-state index contributed by atoms with van der Waals surface area (Å²) in [5.74, 6) is 0.767. The van der Waals surface area contributed by atoms with Crippen LogP contribution in [0.3, 0.4) is 0 Å². The third kappa shape index (κ3) is 3.39. The Morgan fingerprint density at radius 2 is 1.91 bits per heavy atom. The van der Waals surface area contributed by atoms with Gasteiger partial charge in [-0.2, -0.15) is 0 Å². The van der Waals surface area contributed by atoms with E-state index in [4.69, 9.17) is 4.74 Å². The van der Waals surface area contributed by atoms with Crippen LogP contribution in [0.1, 0.15) is 30.0 Å². The second-order valence-corrected chi connectivity index (χ2v) is 6.30. The molecule has 0 fully saturated rings. The molecule has 0 bridgehead atoms.